The Kier molecular flexibility index (Phi) is 6.26. The number of aromatic amines is 1. The fraction of sp³-hybridized carbons (Fsp3) is 0.750. The van der Waals surface area contributed by atoms with E-state index in [0.717, 1.165) is 45.1 Å². The van der Waals surface area contributed by atoms with E-state index < -0.39 is 10.0 Å². The van der Waals surface area contributed by atoms with Gasteiger partial charge in [0.05, 0.1) is 30.6 Å². The highest BCUT2D eigenvalue weighted by atomic mass is 32.2. The molecule has 0 unspecified atom stereocenters. The van der Waals surface area contributed by atoms with Crippen molar-refractivity contribution >= 4 is 15.9 Å². The van der Waals surface area contributed by atoms with Crippen LogP contribution in [0.4, 0.5) is 0 Å². The number of aromatic nitrogens is 2. The third kappa shape index (κ3) is 4.60. The molecule has 0 radical (unpaired) electrons. The summed E-state index contributed by atoms with van der Waals surface area (Å²) >= 11 is 0. The van der Waals surface area contributed by atoms with Crippen molar-refractivity contribution < 1.29 is 17.9 Å². The van der Waals surface area contributed by atoms with Crippen LogP contribution in [0, 0.1) is 0 Å². The van der Waals surface area contributed by atoms with Crippen molar-refractivity contribution in [2.24, 2.45) is 0 Å². The molecule has 30 heavy (non-hydrogen) atoms. The van der Waals surface area contributed by atoms with Crippen molar-refractivity contribution in [3.8, 4) is 0 Å². The number of nitrogens with zero attached hydrogens (tertiary/aromatic N) is 3. The predicted molar refractivity (Wildman–Crippen MR) is 110 cm³/mol. The van der Waals surface area contributed by atoms with E-state index in [9.17, 15) is 18.0 Å². The van der Waals surface area contributed by atoms with Gasteiger partial charge in [-0.15, -0.1) is 0 Å². The summed E-state index contributed by atoms with van der Waals surface area (Å²) in [6.45, 7) is 1.80. The lowest BCUT2D eigenvalue weighted by atomic mass is 9.99. The maximum atomic E-state index is 13.0. The average Bonchev–Trinajstić information content (AvgIpc) is 3.24. The van der Waals surface area contributed by atoms with Crippen LogP contribution in [-0.4, -0.2) is 65.6 Å². The molecule has 1 aromatic heterocycles. The van der Waals surface area contributed by atoms with Crippen molar-refractivity contribution in [3.05, 3.63) is 27.4 Å². The number of sulfonamides is 1. The Morgan fingerprint density at radius 3 is 2.80 bits per heavy atom. The van der Waals surface area contributed by atoms with Crippen LogP contribution in [0.2, 0.25) is 0 Å². The molecular formula is C20H30N4O5S. The number of ether oxygens (including phenoxy) is 1. The molecule has 1 N–H and O–H groups in total. The second kappa shape index (κ2) is 8.76. The van der Waals surface area contributed by atoms with Gasteiger partial charge in [-0.2, -0.15) is 4.31 Å². The summed E-state index contributed by atoms with van der Waals surface area (Å²) in [4.78, 5) is 35.0. The molecule has 10 heteroatoms. The molecule has 0 aliphatic carbocycles. The minimum atomic E-state index is -3.35. The number of hydrogen-bond acceptors (Lipinski definition) is 6. The molecule has 3 aliphatic heterocycles. The summed E-state index contributed by atoms with van der Waals surface area (Å²) < 4.78 is 30.9. The summed E-state index contributed by atoms with van der Waals surface area (Å²) in [5, 5.41) is 0. The molecule has 2 atom stereocenters. The van der Waals surface area contributed by atoms with Crippen molar-refractivity contribution in [1.82, 2.24) is 19.2 Å². The van der Waals surface area contributed by atoms with E-state index in [0.29, 0.717) is 36.5 Å². The van der Waals surface area contributed by atoms with Crippen molar-refractivity contribution in [2.75, 3.05) is 26.0 Å². The van der Waals surface area contributed by atoms with Gasteiger partial charge in [-0.1, -0.05) is 0 Å². The molecule has 2 saturated heterocycles. The van der Waals surface area contributed by atoms with Crippen LogP contribution in [0.25, 0.3) is 0 Å². The van der Waals surface area contributed by atoms with Crippen LogP contribution in [0.15, 0.2) is 4.79 Å². The predicted octanol–water partition coefficient (Wildman–Crippen LogP) is 1.10. The van der Waals surface area contributed by atoms with Crippen molar-refractivity contribution in [1.29, 1.82) is 0 Å². The Labute approximate surface area is 176 Å². The highest BCUT2D eigenvalue weighted by Crippen LogP contribution is 2.30. The zero-order chi connectivity index (χ0) is 21.3. The quantitative estimate of drug-likeness (QED) is 0.737. The first-order chi connectivity index (χ1) is 14.3. The fourth-order valence-electron chi connectivity index (χ4n) is 4.69. The lowest BCUT2D eigenvalue weighted by Crippen LogP contribution is -2.42. The summed E-state index contributed by atoms with van der Waals surface area (Å²) in [6.07, 6.45) is 7.52. The van der Waals surface area contributed by atoms with E-state index in [1.165, 1.54) is 10.6 Å². The molecule has 166 valence electrons. The Morgan fingerprint density at radius 1 is 1.23 bits per heavy atom. The largest absolute Gasteiger partial charge is 0.378 e. The van der Waals surface area contributed by atoms with Crippen LogP contribution in [0.5, 0.6) is 0 Å². The van der Waals surface area contributed by atoms with Gasteiger partial charge in [0.15, 0.2) is 0 Å². The van der Waals surface area contributed by atoms with Gasteiger partial charge in [0, 0.05) is 31.7 Å². The second-order valence-electron chi connectivity index (χ2n) is 8.50. The maximum absolute atomic E-state index is 13.0. The molecule has 0 bridgehead atoms. The minimum absolute atomic E-state index is 0.0633. The maximum Gasteiger partial charge on any atom is 0.254 e. The number of nitrogens with one attached hydrogen (secondary N) is 1. The zero-order valence-corrected chi connectivity index (χ0v) is 18.2. The molecular weight excluding hydrogens is 408 g/mol. The lowest BCUT2D eigenvalue weighted by Gasteiger charge is -2.36. The normalized spacial score (nSPS) is 25.3. The Bertz CT molecular complexity index is 954. The summed E-state index contributed by atoms with van der Waals surface area (Å²) in [5.41, 5.74) is 0.828. The Balaban J connectivity index is 1.54. The topological polar surface area (TPSA) is 113 Å². The van der Waals surface area contributed by atoms with Gasteiger partial charge in [-0.25, -0.2) is 13.4 Å². The number of H-pyrrole nitrogens is 1. The van der Waals surface area contributed by atoms with E-state index in [1.807, 2.05) is 4.90 Å². The number of carbonyl (C=O) groups is 1. The van der Waals surface area contributed by atoms with Crippen LogP contribution in [0.3, 0.4) is 0 Å². The van der Waals surface area contributed by atoms with Gasteiger partial charge >= 0.3 is 0 Å². The molecule has 3 aliphatic rings. The van der Waals surface area contributed by atoms with Crippen molar-refractivity contribution in [3.63, 3.8) is 0 Å². The van der Waals surface area contributed by atoms with E-state index >= 15 is 0 Å². The fourth-order valence-corrected chi connectivity index (χ4v) is 5.47. The third-order valence-corrected chi connectivity index (χ3v) is 7.62. The van der Waals surface area contributed by atoms with Crippen LogP contribution >= 0.6 is 0 Å². The average molecular weight is 439 g/mol. The smallest absolute Gasteiger partial charge is 0.254 e. The first kappa shape index (κ1) is 21.5. The Hall–Kier alpha value is -1.78. The zero-order valence-electron chi connectivity index (χ0n) is 17.4. The third-order valence-electron chi connectivity index (χ3n) is 6.37. The van der Waals surface area contributed by atoms with Crippen LogP contribution in [0.1, 0.15) is 68.1 Å². The molecule has 4 rings (SSSR count). The molecule has 1 amide bonds. The van der Waals surface area contributed by atoms with Gasteiger partial charge in [-0.05, 0) is 44.9 Å². The van der Waals surface area contributed by atoms with Crippen molar-refractivity contribution in [2.45, 2.75) is 70.1 Å². The number of hydrogen-bond donors (Lipinski definition) is 1. The first-order valence-electron chi connectivity index (χ1n) is 10.8. The number of likely N-dealkylation sites (tertiary alicyclic amines) is 1. The van der Waals surface area contributed by atoms with E-state index in [4.69, 9.17) is 4.74 Å². The highest BCUT2D eigenvalue weighted by molar-refractivity contribution is 7.88. The molecule has 4 heterocycles. The number of rotatable bonds is 5. The molecule has 9 nitrogen and oxygen atoms in total. The number of piperidine rings is 1. The van der Waals surface area contributed by atoms with E-state index in [1.54, 1.807) is 0 Å². The summed E-state index contributed by atoms with van der Waals surface area (Å²) in [6, 6.07) is -0.276. The van der Waals surface area contributed by atoms with E-state index in [2.05, 4.69) is 9.97 Å². The molecule has 2 fully saturated rings. The number of amides is 1. The van der Waals surface area contributed by atoms with Crippen LogP contribution in [-0.2, 0) is 32.5 Å². The highest BCUT2D eigenvalue weighted by Gasteiger charge is 2.32. The van der Waals surface area contributed by atoms with Crippen LogP contribution < -0.4 is 5.56 Å². The summed E-state index contributed by atoms with van der Waals surface area (Å²) in [5.74, 6) is 0.535. The molecule has 0 aromatic carbocycles. The SMILES string of the molecule is CS(=O)(=O)N1CCc2c(nc([C@@H]3CCCCN3C(=O)CC[C@H]3CCCO3)[nH]c2=O)C1. The standard InChI is InChI=1S/C20H30N4O5S/c1-30(27,28)23-11-9-15-16(13-23)21-19(22-20(15)26)17-6-2-3-10-24(17)18(25)8-7-14-5-4-12-29-14/h14,17H,2-13H2,1H3,(H,21,22,26)/t14-,17+/m1/s1. The van der Waals surface area contributed by atoms with Gasteiger partial charge in [0.2, 0.25) is 15.9 Å². The van der Waals surface area contributed by atoms with Gasteiger partial charge in [0.25, 0.3) is 5.56 Å². The monoisotopic (exact) mass is 438 g/mol. The lowest BCUT2D eigenvalue weighted by molar-refractivity contribution is -0.136. The molecule has 0 saturated carbocycles. The molecule has 1 aromatic rings. The second-order valence-corrected chi connectivity index (χ2v) is 10.5. The molecule has 0 spiro atoms. The minimum Gasteiger partial charge on any atom is -0.378 e. The first-order valence-corrected chi connectivity index (χ1v) is 12.7. The number of carbonyl (C=O) groups excluding carboxylic acids is 1. The van der Waals surface area contributed by atoms with Gasteiger partial charge in [-0.3, -0.25) is 9.59 Å². The summed E-state index contributed by atoms with van der Waals surface area (Å²) in [7, 11) is -3.35. The number of fused-ring (bicyclic) bond motifs is 1. The van der Waals surface area contributed by atoms with Gasteiger partial charge in [0.1, 0.15) is 5.82 Å². The Morgan fingerprint density at radius 2 is 2.07 bits per heavy atom. The van der Waals surface area contributed by atoms with Gasteiger partial charge < -0.3 is 14.6 Å². The van der Waals surface area contributed by atoms with E-state index in [-0.39, 0.29) is 36.7 Å².